The number of anilines is 1. The van der Waals surface area contributed by atoms with Crippen LogP contribution >= 0.6 is 11.6 Å². The predicted octanol–water partition coefficient (Wildman–Crippen LogP) is 3.05. The molecule has 0 amide bonds. The summed E-state index contributed by atoms with van der Waals surface area (Å²) >= 11 is 6.42. The average molecular weight is 297 g/mol. The van der Waals surface area contributed by atoms with Crippen LogP contribution in [0.25, 0.3) is 0 Å². The third-order valence-corrected chi connectivity index (χ3v) is 4.32. The Balaban J connectivity index is 1.99. The summed E-state index contributed by atoms with van der Waals surface area (Å²) in [4.78, 5) is 2.28. The highest BCUT2D eigenvalue weighted by Gasteiger charge is 2.27. The van der Waals surface area contributed by atoms with Crippen LogP contribution in [-0.2, 0) is 6.54 Å². The van der Waals surface area contributed by atoms with Crippen LogP contribution in [-0.4, -0.2) is 30.8 Å². The minimum absolute atomic E-state index is 0.240. The molecule has 1 aliphatic rings. The van der Waals surface area contributed by atoms with E-state index in [4.69, 9.17) is 11.6 Å². The molecule has 2 unspecified atom stereocenters. The molecule has 1 heterocycles. The van der Waals surface area contributed by atoms with Gasteiger partial charge in [-0.3, -0.25) is 0 Å². The molecular formula is C16H25ClN2O. The van der Waals surface area contributed by atoms with E-state index in [1.54, 1.807) is 0 Å². The second-order valence-electron chi connectivity index (χ2n) is 5.70. The lowest BCUT2D eigenvalue weighted by atomic mass is 10.0. The van der Waals surface area contributed by atoms with Crippen molar-refractivity contribution in [2.24, 2.45) is 5.92 Å². The van der Waals surface area contributed by atoms with Crippen molar-refractivity contribution >= 4 is 17.3 Å². The summed E-state index contributed by atoms with van der Waals surface area (Å²) in [6.07, 6.45) is 1.94. The van der Waals surface area contributed by atoms with E-state index < -0.39 is 0 Å². The van der Waals surface area contributed by atoms with E-state index in [-0.39, 0.29) is 6.10 Å². The first-order valence-corrected chi connectivity index (χ1v) is 7.91. The molecule has 2 N–H and O–H groups in total. The SMILES string of the molecule is CCCNCc1ccc(N2CCC(C(C)O)C2)c(Cl)c1. The van der Waals surface area contributed by atoms with E-state index in [1.165, 1.54) is 5.56 Å². The number of hydrogen-bond donors (Lipinski definition) is 2. The molecule has 0 saturated carbocycles. The van der Waals surface area contributed by atoms with Gasteiger partial charge in [0.1, 0.15) is 0 Å². The molecule has 20 heavy (non-hydrogen) atoms. The number of rotatable bonds is 6. The number of hydrogen-bond acceptors (Lipinski definition) is 3. The quantitative estimate of drug-likeness (QED) is 0.792. The van der Waals surface area contributed by atoms with Crippen molar-refractivity contribution < 1.29 is 5.11 Å². The van der Waals surface area contributed by atoms with Gasteiger partial charge in [0, 0.05) is 25.6 Å². The lowest BCUT2D eigenvalue weighted by Crippen LogP contribution is -2.24. The molecule has 0 spiro atoms. The van der Waals surface area contributed by atoms with Crippen molar-refractivity contribution in [1.29, 1.82) is 0 Å². The Kier molecular flexibility index (Phi) is 5.70. The van der Waals surface area contributed by atoms with E-state index >= 15 is 0 Å². The maximum absolute atomic E-state index is 9.68. The topological polar surface area (TPSA) is 35.5 Å². The van der Waals surface area contributed by atoms with Crippen molar-refractivity contribution in [3.8, 4) is 0 Å². The van der Waals surface area contributed by atoms with Crippen LogP contribution in [0.1, 0.15) is 32.3 Å². The van der Waals surface area contributed by atoms with Gasteiger partial charge in [-0.05, 0) is 44.0 Å². The number of aliphatic hydroxyl groups excluding tert-OH is 1. The van der Waals surface area contributed by atoms with Crippen LogP contribution < -0.4 is 10.2 Å². The van der Waals surface area contributed by atoms with Crippen LogP contribution in [0.3, 0.4) is 0 Å². The van der Waals surface area contributed by atoms with Crippen molar-refractivity contribution in [3.63, 3.8) is 0 Å². The Morgan fingerprint density at radius 3 is 2.90 bits per heavy atom. The summed E-state index contributed by atoms with van der Waals surface area (Å²) in [5, 5.41) is 13.9. The zero-order valence-electron chi connectivity index (χ0n) is 12.4. The van der Waals surface area contributed by atoms with E-state index in [0.29, 0.717) is 5.92 Å². The number of aliphatic hydroxyl groups is 1. The molecule has 0 aliphatic carbocycles. The van der Waals surface area contributed by atoms with Gasteiger partial charge in [-0.2, -0.15) is 0 Å². The standard InChI is InChI=1S/C16H25ClN2O/c1-3-7-18-10-13-4-5-16(15(17)9-13)19-8-6-14(11-19)12(2)20/h4-5,9,12,14,18,20H,3,6-8,10-11H2,1-2H3. The highest BCUT2D eigenvalue weighted by molar-refractivity contribution is 6.33. The maximum Gasteiger partial charge on any atom is 0.0642 e. The Labute approximate surface area is 126 Å². The van der Waals surface area contributed by atoms with Crippen molar-refractivity contribution in [1.82, 2.24) is 5.32 Å². The van der Waals surface area contributed by atoms with Gasteiger partial charge < -0.3 is 15.3 Å². The first-order valence-electron chi connectivity index (χ1n) is 7.54. The van der Waals surface area contributed by atoms with E-state index in [0.717, 1.165) is 49.7 Å². The Bertz CT molecular complexity index is 436. The number of halogens is 1. The van der Waals surface area contributed by atoms with Gasteiger partial charge in [-0.25, -0.2) is 0 Å². The van der Waals surface area contributed by atoms with Crippen LogP contribution in [0, 0.1) is 5.92 Å². The van der Waals surface area contributed by atoms with E-state index in [2.05, 4.69) is 35.3 Å². The molecule has 3 nitrogen and oxygen atoms in total. The van der Waals surface area contributed by atoms with E-state index in [1.807, 2.05) is 6.92 Å². The zero-order valence-corrected chi connectivity index (χ0v) is 13.2. The summed E-state index contributed by atoms with van der Waals surface area (Å²) in [6.45, 7) is 7.80. The van der Waals surface area contributed by atoms with Crippen LogP contribution in [0.2, 0.25) is 5.02 Å². The summed E-state index contributed by atoms with van der Waals surface area (Å²) in [6, 6.07) is 6.30. The van der Waals surface area contributed by atoms with Crippen LogP contribution in [0.4, 0.5) is 5.69 Å². The molecule has 0 aromatic heterocycles. The molecule has 1 aromatic carbocycles. The second kappa shape index (κ2) is 7.30. The molecule has 112 valence electrons. The molecule has 2 atom stereocenters. The largest absolute Gasteiger partial charge is 0.393 e. The van der Waals surface area contributed by atoms with Gasteiger partial charge in [0.2, 0.25) is 0 Å². The summed E-state index contributed by atoms with van der Waals surface area (Å²) < 4.78 is 0. The van der Waals surface area contributed by atoms with Gasteiger partial charge in [0.05, 0.1) is 16.8 Å². The molecule has 4 heteroatoms. The van der Waals surface area contributed by atoms with Gasteiger partial charge in [-0.1, -0.05) is 24.6 Å². The molecule has 1 fully saturated rings. The summed E-state index contributed by atoms with van der Waals surface area (Å²) in [5.41, 5.74) is 2.31. The van der Waals surface area contributed by atoms with Gasteiger partial charge >= 0.3 is 0 Å². The third kappa shape index (κ3) is 3.87. The van der Waals surface area contributed by atoms with Crippen LogP contribution in [0.15, 0.2) is 18.2 Å². The van der Waals surface area contributed by atoms with E-state index in [9.17, 15) is 5.11 Å². The minimum atomic E-state index is -0.240. The fraction of sp³-hybridized carbons (Fsp3) is 0.625. The maximum atomic E-state index is 9.68. The summed E-state index contributed by atoms with van der Waals surface area (Å²) in [5.74, 6) is 0.358. The molecule has 0 radical (unpaired) electrons. The average Bonchev–Trinajstić information content (AvgIpc) is 2.89. The minimum Gasteiger partial charge on any atom is -0.393 e. The van der Waals surface area contributed by atoms with Crippen molar-refractivity contribution in [2.75, 3.05) is 24.5 Å². The van der Waals surface area contributed by atoms with Gasteiger partial charge in [-0.15, -0.1) is 0 Å². The first kappa shape index (κ1) is 15.6. The highest BCUT2D eigenvalue weighted by atomic mass is 35.5. The zero-order chi connectivity index (χ0) is 14.5. The molecule has 2 rings (SSSR count). The van der Waals surface area contributed by atoms with Crippen molar-refractivity contribution in [3.05, 3.63) is 28.8 Å². The summed E-state index contributed by atoms with van der Waals surface area (Å²) in [7, 11) is 0. The molecular weight excluding hydrogens is 272 g/mol. The molecule has 1 saturated heterocycles. The second-order valence-corrected chi connectivity index (χ2v) is 6.11. The normalized spacial score (nSPS) is 20.4. The smallest absolute Gasteiger partial charge is 0.0642 e. The van der Waals surface area contributed by atoms with Crippen LogP contribution in [0.5, 0.6) is 0 Å². The third-order valence-electron chi connectivity index (χ3n) is 4.02. The monoisotopic (exact) mass is 296 g/mol. The first-order chi connectivity index (χ1) is 9.61. The van der Waals surface area contributed by atoms with Gasteiger partial charge in [0.15, 0.2) is 0 Å². The van der Waals surface area contributed by atoms with Gasteiger partial charge in [0.25, 0.3) is 0 Å². The molecule has 0 bridgehead atoms. The Morgan fingerprint density at radius 1 is 1.50 bits per heavy atom. The lowest BCUT2D eigenvalue weighted by Gasteiger charge is -2.21. The predicted molar refractivity (Wildman–Crippen MR) is 85.5 cm³/mol. The fourth-order valence-corrected chi connectivity index (χ4v) is 3.05. The van der Waals surface area contributed by atoms with Crippen molar-refractivity contribution in [2.45, 2.75) is 39.3 Å². The fourth-order valence-electron chi connectivity index (χ4n) is 2.73. The number of nitrogens with zero attached hydrogens (tertiary/aromatic N) is 1. The number of nitrogens with one attached hydrogen (secondary N) is 1. The Morgan fingerprint density at radius 2 is 2.30 bits per heavy atom. The highest BCUT2D eigenvalue weighted by Crippen LogP contribution is 2.32. The molecule has 1 aliphatic heterocycles. The molecule has 1 aromatic rings. The number of benzene rings is 1. The lowest BCUT2D eigenvalue weighted by molar-refractivity contribution is 0.136. The Hall–Kier alpha value is -0.770.